The predicted molar refractivity (Wildman–Crippen MR) is 87.0 cm³/mol. The molecule has 2 aromatic rings. The first kappa shape index (κ1) is 17.7. The van der Waals surface area contributed by atoms with Crippen LogP contribution in [0, 0.1) is 0 Å². The van der Waals surface area contributed by atoms with Gasteiger partial charge in [-0.25, -0.2) is 9.78 Å². The summed E-state index contributed by atoms with van der Waals surface area (Å²) in [4.78, 5) is 28.4. The van der Waals surface area contributed by atoms with Crippen molar-refractivity contribution in [1.82, 2.24) is 10.3 Å². The average molecular weight is 331 g/mol. The highest BCUT2D eigenvalue weighted by molar-refractivity contribution is 5.95. The number of oxazole rings is 1. The normalized spacial score (nSPS) is 13.1. The number of nitrogens with zero attached hydrogens (tertiary/aromatic N) is 1. The second kappa shape index (κ2) is 8.26. The van der Waals surface area contributed by atoms with Gasteiger partial charge in [-0.2, -0.15) is 0 Å². The Bertz CT molecular complexity index is 684. The first-order chi connectivity index (χ1) is 11.6. The summed E-state index contributed by atoms with van der Waals surface area (Å²) in [6.45, 7) is 2.00. The third kappa shape index (κ3) is 4.20. The summed E-state index contributed by atoms with van der Waals surface area (Å²) >= 11 is 0. The topological polar surface area (TPSA) is 107 Å². The van der Waals surface area contributed by atoms with Gasteiger partial charge in [0.15, 0.2) is 11.7 Å². The molecule has 0 saturated carbocycles. The van der Waals surface area contributed by atoms with Crippen molar-refractivity contribution in [3.05, 3.63) is 53.7 Å². The smallest absolute Gasteiger partial charge is 0.333 e. The Morgan fingerprint density at radius 3 is 2.67 bits per heavy atom. The largest absolute Gasteiger partial charge is 0.467 e. The van der Waals surface area contributed by atoms with Gasteiger partial charge < -0.3 is 20.2 Å². The lowest BCUT2D eigenvalue weighted by Crippen LogP contribution is -2.34. The predicted octanol–water partition coefficient (Wildman–Crippen LogP) is 2.12. The molecular formula is C17H21N3O4. The van der Waals surface area contributed by atoms with Crippen molar-refractivity contribution in [2.45, 2.75) is 31.8 Å². The van der Waals surface area contributed by atoms with E-state index in [0.29, 0.717) is 17.9 Å². The lowest BCUT2D eigenvalue weighted by molar-refractivity contribution is -0.143. The number of rotatable bonds is 7. The zero-order valence-electron chi connectivity index (χ0n) is 13.7. The lowest BCUT2D eigenvalue weighted by atomic mass is 10.1. The van der Waals surface area contributed by atoms with Crippen molar-refractivity contribution in [2.24, 2.45) is 5.73 Å². The van der Waals surface area contributed by atoms with Crippen molar-refractivity contribution in [3.8, 4) is 0 Å². The zero-order chi connectivity index (χ0) is 17.5. The molecule has 1 amide bonds. The Kier molecular flexibility index (Phi) is 6.08. The number of nitrogens with two attached hydrogens (primary N) is 1. The molecule has 2 atom stereocenters. The minimum Gasteiger partial charge on any atom is -0.467 e. The molecule has 1 aromatic carbocycles. The Morgan fingerprint density at radius 1 is 1.33 bits per heavy atom. The van der Waals surface area contributed by atoms with Crippen LogP contribution >= 0.6 is 0 Å². The zero-order valence-corrected chi connectivity index (χ0v) is 13.7. The van der Waals surface area contributed by atoms with Crippen LogP contribution in [0.4, 0.5) is 0 Å². The van der Waals surface area contributed by atoms with Gasteiger partial charge in [-0.3, -0.25) is 4.79 Å². The minimum absolute atomic E-state index is 0.0707. The van der Waals surface area contributed by atoms with E-state index in [0.717, 1.165) is 6.42 Å². The summed E-state index contributed by atoms with van der Waals surface area (Å²) in [5.41, 5.74) is 6.60. The number of hydrogen-bond acceptors (Lipinski definition) is 6. The molecule has 1 aromatic heterocycles. The first-order valence-corrected chi connectivity index (χ1v) is 7.71. The maximum Gasteiger partial charge on any atom is 0.333 e. The number of methoxy groups -OCH3 is 1. The molecular weight excluding hydrogens is 310 g/mol. The van der Waals surface area contributed by atoms with Gasteiger partial charge in [-0.15, -0.1) is 0 Å². The van der Waals surface area contributed by atoms with Crippen molar-refractivity contribution in [1.29, 1.82) is 0 Å². The Hall–Kier alpha value is -2.67. The monoisotopic (exact) mass is 331 g/mol. The highest BCUT2D eigenvalue weighted by atomic mass is 16.5. The van der Waals surface area contributed by atoms with Gasteiger partial charge >= 0.3 is 5.97 Å². The van der Waals surface area contributed by atoms with Gasteiger partial charge in [0.2, 0.25) is 5.89 Å². The highest BCUT2D eigenvalue weighted by Gasteiger charge is 2.25. The Morgan fingerprint density at radius 2 is 2.04 bits per heavy atom. The maximum atomic E-state index is 12.4. The molecule has 24 heavy (non-hydrogen) atoms. The number of nitrogens with one attached hydrogen (secondary N) is 1. The molecule has 0 bridgehead atoms. The fourth-order valence-corrected chi connectivity index (χ4v) is 2.24. The molecule has 3 N–H and O–H groups in total. The van der Waals surface area contributed by atoms with Crippen LogP contribution in [-0.4, -0.2) is 24.0 Å². The van der Waals surface area contributed by atoms with Crippen LogP contribution in [0.25, 0.3) is 0 Å². The second-order valence-corrected chi connectivity index (χ2v) is 5.31. The number of ether oxygens (including phenoxy) is 1. The van der Waals surface area contributed by atoms with Gasteiger partial charge in [0, 0.05) is 0 Å². The van der Waals surface area contributed by atoms with E-state index in [4.69, 9.17) is 14.9 Å². The molecule has 128 valence electrons. The quantitative estimate of drug-likeness (QED) is 0.753. The minimum atomic E-state index is -0.923. The summed E-state index contributed by atoms with van der Waals surface area (Å²) in [7, 11) is 1.27. The molecule has 0 aliphatic rings. The van der Waals surface area contributed by atoms with Crippen molar-refractivity contribution < 1.29 is 18.7 Å². The van der Waals surface area contributed by atoms with E-state index in [1.165, 1.54) is 13.4 Å². The van der Waals surface area contributed by atoms with Gasteiger partial charge in [-0.05, 0) is 12.0 Å². The maximum absolute atomic E-state index is 12.4. The molecule has 0 saturated heterocycles. The number of hydrogen-bond donors (Lipinski definition) is 2. The summed E-state index contributed by atoms with van der Waals surface area (Å²) < 4.78 is 10.0. The van der Waals surface area contributed by atoms with E-state index in [1.54, 1.807) is 24.3 Å². The molecule has 2 rings (SSSR count). The van der Waals surface area contributed by atoms with Gasteiger partial charge in [0.25, 0.3) is 5.91 Å². The fraction of sp³-hybridized carbons (Fsp3) is 0.353. The SMILES string of the molecule is CCCC(N)c1nc(C(=O)NC(C(=O)OC)c2ccccc2)co1. The fourth-order valence-electron chi connectivity index (χ4n) is 2.24. The summed E-state index contributed by atoms with van der Waals surface area (Å²) in [5, 5.41) is 2.61. The van der Waals surface area contributed by atoms with Crippen LogP contribution in [0.15, 0.2) is 41.0 Å². The lowest BCUT2D eigenvalue weighted by Gasteiger charge is -2.16. The number of benzene rings is 1. The molecule has 1 heterocycles. The number of carbonyl (C=O) groups is 2. The molecule has 0 spiro atoms. The van der Waals surface area contributed by atoms with Crippen LogP contribution in [0.1, 0.15) is 53.8 Å². The number of esters is 1. The van der Waals surface area contributed by atoms with E-state index in [2.05, 4.69) is 10.3 Å². The van der Waals surface area contributed by atoms with Crippen molar-refractivity contribution in [3.63, 3.8) is 0 Å². The number of amides is 1. The number of aromatic nitrogens is 1. The summed E-state index contributed by atoms with van der Waals surface area (Å²) in [5.74, 6) is -0.801. The van der Waals surface area contributed by atoms with E-state index < -0.39 is 17.9 Å². The molecule has 0 radical (unpaired) electrons. The van der Waals surface area contributed by atoms with E-state index >= 15 is 0 Å². The summed E-state index contributed by atoms with van der Waals surface area (Å²) in [6, 6.07) is 7.54. The van der Waals surface area contributed by atoms with Gasteiger partial charge in [0.1, 0.15) is 6.26 Å². The molecule has 7 heteroatoms. The third-order valence-corrected chi connectivity index (χ3v) is 3.52. The third-order valence-electron chi connectivity index (χ3n) is 3.52. The molecule has 0 aliphatic carbocycles. The second-order valence-electron chi connectivity index (χ2n) is 5.31. The van der Waals surface area contributed by atoms with E-state index in [9.17, 15) is 9.59 Å². The standard InChI is InChI=1S/C17H21N3O4/c1-3-7-12(18)16-19-13(10-24-16)15(21)20-14(17(22)23-2)11-8-5-4-6-9-11/h4-6,8-10,12,14H,3,7,18H2,1-2H3,(H,20,21). The van der Waals surface area contributed by atoms with Crippen LogP contribution in [0.5, 0.6) is 0 Å². The van der Waals surface area contributed by atoms with Gasteiger partial charge in [-0.1, -0.05) is 43.7 Å². The average Bonchev–Trinajstić information content (AvgIpc) is 3.10. The summed E-state index contributed by atoms with van der Waals surface area (Å²) in [6.07, 6.45) is 2.82. The van der Waals surface area contributed by atoms with Crippen LogP contribution in [-0.2, 0) is 9.53 Å². The van der Waals surface area contributed by atoms with E-state index in [1.807, 2.05) is 13.0 Å². The molecule has 7 nitrogen and oxygen atoms in total. The Balaban J connectivity index is 2.15. The Labute approximate surface area is 140 Å². The van der Waals surface area contributed by atoms with Crippen molar-refractivity contribution >= 4 is 11.9 Å². The van der Waals surface area contributed by atoms with Crippen LogP contribution < -0.4 is 11.1 Å². The van der Waals surface area contributed by atoms with Crippen LogP contribution in [0.2, 0.25) is 0 Å². The highest BCUT2D eigenvalue weighted by Crippen LogP contribution is 2.17. The van der Waals surface area contributed by atoms with E-state index in [-0.39, 0.29) is 11.7 Å². The molecule has 2 unspecified atom stereocenters. The van der Waals surface area contributed by atoms with Gasteiger partial charge in [0.05, 0.1) is 13.2 Å². The van der Waals surface area contributed by atoms with Crippen LogP contribution in [0.3, 0.4) is 0 Å². The van der Waals surface area contributed by atoms with Crippen molar-refractivity contribution in [2.75, 3.05) is 7.11 Å². The molecule has 0 aliphatic heterocycles. The number of carbonyl (C=O) groups excluding carboxylic acids is 2. The molecule has 0 fully saturated rings. The first-order valence-electron chi connectivity index (χ1n) is 7.71.